The fourth-order valence-electron chi connectivity index (χ4n) is 2.45. The SMILES string of the molecule is CC(C(=O)/C=C(\C)C(=O)OC(C)OC(C)OC(=O)OC(C)(C)c1ccccc1)=C1OO1. The molecule has 1 fully saturated rings. The molecule has 1 aliphatic rings. The van der Waals surface area contributed by atoms with Gasteiger partial charge < -0.3 is 18.9 Å². The average molecular weight is 434 g/mol. The molecule has 0 amide bonds. The van der Waals surface area contributed by atoms with Crippen LogP contribution in [0.1, 0.15) is 47.1 Å². The smallest absolute Gasteiger partial charge is 0.433 e. The fourth-order valence-corrected chi connectivity index (χ4v) is 2.45. The van der Waals surface area contributed by atoms with Crippen molar-refractivity contribution in [3.8, 4) is 0 Å². The highest BCUT2D eigenvalue weighted by Crippen LogP contribution is 2.25. The zero-order valence-electron chi connectivity index (χ0n) is 18.3. The van der Waals surface area contributed by atoms with Crippen molar-refractivity contribution >= 4 is 17.9 Å². The molecule has 168 valence electrons. The van der Waals surface area contributed by atoms with E-state index in [1.807, 2.05) is 30.3 Å². The maximum absolute atomic E-state index is 12.1. The summed E-state index contributed by atoms with van der Waals surface area (Å²) in [6.45, 7) is 9.29. The summed E-state index contributed by atoms with van der Waals surface area (Å²) in [6.07, 6.45) is -1.94. The fraction of sp³-hybridized carbons (Fsp3) is 0.409. The molecule has 2 rings (SSSR count). The molecule has 0 spiro atoms. The summed E-state index contributed by atoms with van der Waals surface area (Å²) in [4.78, 5) is 45.1. The molecule has 1 aromatic rings. The van der Waals surface area contributed by atoms with Crippen LogP contribution >= 0.6 is 0 Å². The Balaban J connectivity index is 1.81. The van der Waals surface area contributed by atoms with E-state index in [1.165, 1.54) is 27.7 Å². The number of allylic oxidation sites excluding steroid dienone is 2. The maximum atomic E-state index is 12.1. The Morgan fingerprint density at radius 2 is 1.55 bits per heavy atom. The van der Waals surface area contributed by atoms with Crippen LogP contribution in [0.2, 0.25) is 0 Å². The van der Waals surface area contributed by atoms with Crippen LogP contribution in [0.25, 0.3) is 0 Å². The molecule has 2 atom stereocenters. The van der Waals surface area contributed by atoms with Gasteiger partial charge in [-0.2, -0.15) is 0 Å². The molecule has 1 aromatic carbocycles. The standard InChI is InChI=1S/C22H26O9/c1-13(12-18(23)14(2)20-30-31-20)19(24)27-15(3)26-16(4)28-21(25)29-22(5,6)17-10-8-7-9-11-17/h7-12,15-16H,1-6H3/b13-12+. The minimum Gasteiger partial charge on any atom is -0.433 e. The molecule has 0 saturated carbocycles. The first-order chi connectivity index (χ1) is 14.5. The Morgan fingerprint density at radius 3 is 2.13 bits per heavy atom. The third-order valence-corrected chi connectivity index (χ3v) is 4.24. The average Bonchev–Trinajstić information content (AvgIpc) is 3.52. The van der Waals surface area contributed by atoms with Crippen molar-refractivity contribution < 1.29 is 43.1 Å². The molecular formula is C22H26O9. The molecule has 2 unspecified atom stereocenters. The van der Waals surface area contributed by atoms with E-state index >= 15 is 0 Å². The zero-order valence-corrected chi connectivity index (χ0v) is 18.3. The highest BCUT2D eigenvalue weighted by molar-refractivity contribution is 6.07. The van der Waals surface area contributed by atoms with Crippen LogP contribution < -0.4 is 0 Å². The van der Waals surface area contributed by atoms with Gasteiger partial charge in [0.15, 0.2) is 5.78 Å². The number of benzene rings is 1. The molecule has 31 heavy (non-hydrogen) atoms. The van der Waals surface area contributed by atoms with Gasteiger partial charge in [0.2, 0.25) is 12.6 Å². The number of hydrogen-bond donors (Lipinski definition) is 0. The topological polar surface area (TPSA) is 113 Å². The Bertz CT molecular complexity index is 878. The number of rotatable bonds is 9. The summed E-state index contributed by atoms with van der Waals surface area (Å²) in [7, 11) is 0. The summed E-state index contributed by atoms with van der Waals surface area (Å²) in [5, 5.41) is 0. The van der Waals surface area contributed by atoms with Crippen LogP contribution in [-0.4, -0.2) is 30.5 Å². The van der Waals surface area contributed by atoms with Gasteiger partial charge >= 0.3 is 18.1 Å². The number of ether oxygens (including phenoxy) is 4. The van der Waals surface area contributed by atoms with E-state index in [9.17, 15) is 14.4 Å². The predicted octanol–water partition coefficient (Wildman–Crippen LogP) is 4.04. The van der Waals surface area contributed by atoms with Crippen LogP contribution in [0.5, 0.6) is 0 Å². The van der Waals surface area contributed by atoms with Crippen LogP contribution in [0, 0.1) is 0 Å². The summed E-state index contributed by atoms with van der Waals surface area (Å²) in [5.41, 5.74) is 0.175. The molecule has 0 bridgehead atoms. The van der Waals surface area contributed by atoms with E-state index in [1.54, 1.807) is 13.8 Å². The highest BCUT2D eigenvalue weighted by Gasteiger charge is 2.28. The Labute approximate surface area is 180 Å². The first kappa shape index (κ1) is 23.9. The summed E-state index contributed by atoms with van der Waals surface area (Å²) < 4.78 is 20.9. The van der Waals surface area contributed by atoms with Gasteiger partial charge in [-0.1, -0.05) is 30.3 Å². The van der Waals surface area contributed by atoms with Gasteiger partial charge in [-0.05, 0) is 53.2 Å². The normalized spacial score (nSPS) is 15.0. The lowest BCUT2D eigenvalue weighted by Gasteiger charge is -2.26. The van der Waals surface area contributed by atoms with Gasteiger partial charge in [0.1, 0.15) is 5.60 Å². The van der Waals surface area contributed by atoms with Crippen molar-refractivity contribution in [2.24, 2.45) is 0 Å². The van der Waals surface area contributed by atoms with Gasteiger partial charge in [-0.3, -0.25) is 4.79 Å². The van der Waals surface area contributed by atoms with Crippen LogP contribution in [0.4, 0.5) is 4.79 Å². The van der Waals surface area contributed by atoms with Crippen molar-refractivity contribution in [2.75, 3.05) is 0 Å². The monoisotopic (exact) mass is 434 g/mol. The van der Waals surface area contributed by atoms with Crippen molar-refractivity contribution in [3.05, 3.63) is 59.1 Å². The molecule has 0 radical (unpaired) electrons. The number of carbonyl (C=O) groups is 3. The van der Waals surface area contributed by atoms with Crippen molar-refractivity contribution in [3.63, 3.8) is 0 Å². The molecule has 9 heteroatoms. The van der Waals surface area contributed by atoms with Crippen LogP contribution in [0.15, 0.2) is 53.5 Å². The molecule has 1 saturated heterocycles. The van der Waals surface area contributed by atoms with E-state index in [-0.39, 0.29) is 17.1 Å². The lowest BCUT2D eigenvalue weighted by Crippen LogP contribution is -2.31. The first-order valence-corrected chi connectivity index (χ1v) is 9.59. The van der Waals surface area contributed by atoms with Gasteiger partial charge in [0.05, 0.1) is 5.57 Å². The van der Waals surface area contributed by atoms with Gasteiger partial charge in [0.25, 0.3) is 0 Å². The van der Waals surface area contributed by atoms with E-state index in [2.05, 4.69) is 9.78 Å². The third kappa shape index (κ3) is 7.45. The highest BCUT2D eigenvalue weighted by atomic mass is 17.4. The number of ketones is 1. The minimum absolute atomic E-state index is 0.0543. The molecular weight excluding hydrogens is 408 g/mol. The van der Waals surface area contributed by atoms with Crippen LogP contribution in [0.3, 0.4) is 0 Å². The van der Waals surface area contributed by atoms with Gasteiger partial charge in [-0.15, -0.1) is 0 Å². The Hall–Kier alpha value is -3.33. The molecule has 1 heterocycles. The van der Waals surface area contributed by atoms with E-state index in [0.717, 1.165) is 11.6 Å². The van der Waals surface area contributed by atoms with E-state index in [0.29, 0.717) is 0 Å². The second-order valence-corrected chi connectivity index (χ2v) is 7.29. The van der Waals surface area contributed by atoms with E-state index < -0.39 is 36.1 Å². The van der Waals surface area contributed by atoms with Crippen LogP contribution in [-0.2, 0) is 43.9 Å². The molecule has 0 N–H and O–H groups in total. The third-order valence-electron chi connectivity index (χ3n) is 4.24. The second-order valence-electron chi connectivity index (χ2n) is 7.29. The Morgan fingerprint density at radius 1 is 0.968 bits per heavy atom. The summed E-state index contributed by atoms with van der Waals surface area (Å²) in [6, 6.07) is 9.19. The Kier molecular flexibility index (Phi) is 7.82. The molecule has 0 aliphatic carbocycles. The molecule has 9 nitrogen and oxygen atoms in total. The van der Waals surface area contributed by atoms with Crippen molar-refractivity contribution in [1.29, 1.82) is 0 Å². The first-order valence-electron chi connectivity index (χ1n) is 9.59. The lowest BCUT2D eigenvalue weighted by atomic mass is 9.98. The quantitative estimate of drug-likeness (QED) is 0.187. The van der Waals surface area contributed by atoms with Crippen molar-refractivity contribution in [2.45, 2.75) is 59.7 Å². The summed E-state index contributed by atoms with van der Waals surface area (Å²) in [5.74, 6) is -1.10. The minimum atomic E-state index is -1.05. The van der Waals surface area contributed by atoms with Crippen molar-refractivity contribution in [1.82, 2.24) is 0 Å². The lowest BCUT2D eigenvalue weighted by molar-refractivity contribution is -0.218. The second kappa shape index (κ2) is 10.1. The number of esters is 1. The molecule has 1 aliphatic heterocycles. The number of hydrogen-bond acceptors (Lipinski definition) is 9. The van der Waals surface area contributed by atoms with Gasteiger partial charge in [-0.25, -0.2) is 19.4 Å². The maximum Gasteiger partial charge on any atom is 0.511 e. The predicted molar refractivity (Wildman–Crippen MR) is 107 cm³/mol. The van der Waals surface area contributed by atoms with E-state index in [4.69, 9.17) is 18.9 Å². The van der Waals surface area contributed by atoms with Gasteiger partial charge in [0, 0.05) is 5.57 Å². The largest absolute Gasteiger partial charge is 0.511 e. The zero-order chi connectivity index (χ0) is 23.2. The molecule has 0 aromatic heterocycles. The number of carbonyl (C=O) groups excluding carboxylic acids is 3. The summed E-state index contributed by atoms with van der Waals surface area (Å²) >= 11 is 0.